The Bertz CT molecular complexity index is 417. The minimum atomic E-state index is 0.851. The maximum absolute atomic E-state index is 4.32. The Morgan fingerprint density at radius 1 is 1.54 bits per heavy atom. The molecule has 2 aromatic heterocycles. The molecule has 0 radical (unpaired) electrons. The summed E-state index contributed by atoms with van der Waals surface area (Å²) in [6.45, 7) is 2.93. The van der Waals surface area contributed by atoms with Crippen LogP contribution >= 0.6 is 0 Å². The average Bonchev–Trinajstić information content (AvgIpc) is 2.49. The molecule has 2 aromatic rings. The third-order valence-electron chi connectivity index (χ3n) is 2.10. The summed E-state index contributed by atoms with van der Waals surface area (Å²) in [6, 6.07) is 4.17. The van der Waals surface area contributed by atoms with Crippen molar-refractivity contribution in [3.63, 3.8) is 0 Å². The predicted molar refractivity (Wildman–Crippen MR) is 52.7 cm³/mol. The van der Waals surface area contributed by atoms with Gasteiger partial charge in [0, 0.05) is 12.7 Å². The van der Waals surface area contributed by atoms with Gasteiger partial charge in [0.15, 0.2) is 0 Å². The Kier molecular flexibility index (Phi) is 2.02. The van der Waals surface area contributed by atoms with Crippen LogP contribution in [-0.2, 0) is 6.54 Å². The van der Waals surface area contributed by atoms with Crippen molar-refractivity contribution in [2.45, 2.75) is 13.5 Å². The lowest BCUT2D eigenvalue weighted by atomic mass is 10.3. The van der Waals surface area contributed by atoms with Crippen LogP contribution in [0.5, 0.6) is 0 Å². The molecule has 3 heteroatoms. The van der Waals surface area contributed by atoms with Crippen LogP contribution in [0.25, 0.3) is 5.65 Å². The Morgan fingerprint density at radius 3 is 3.15 bits per heavy atom. The van der Waals surface area contributed by atoms with E-state index in [0.29, 0.717) is 0 Å². The van der Waals surface area contributed by atoms with Gasteiger partial charge in [-0.05, 0) is 31.7 Å². The Balaban J connectivity index is 2.55. The molecule has 0 unspecified atom stereocenters. The first-order valence-electron chi connectivity index (χ1n) is 4.38. The zero-order valence-corrected chi connectivity index (χ0v) is 7.91. The average molecular weight is 175 g/mol. The summed E-state index contributed by atoms with van der Waals surface area (Å²) >= 11 is 0. The van der Waals surface area contributed by atoms with Crippen LogP contribution in [-0.4, -0.2) is 16.4 Å². The van der Waals surface area contributed by atoms with Gasteiger partial charge >= 0.3 is 0 Å². The van der Waals surface area contributed by atoms with Gasteiger partial charge in [-0.2, -0.15) is 0 Å². The third kappa shape index (κ3) is 1.42. The molecule has 1 N–H and O–H groups in total. The first-order chi connectivity index (χ1) is 6.31. The van der Waals surface area contributed by atoms with Crippen LogP contribution in [0.2, 0.25) is 0 Å². The molecule has 2 heterocycles. The summed E-state index contributed by atoms with van der Waals surface area (Å²) in [6.07, 6.45) is 3.97. The number of pyridine rings is 1. The lowest BCUT2D eigenvalue weighted by Crippen LogP contribution is -2.07. The van der Waals surface area contributed by atoms with E-state index in [-0.39, 0.29) is 0 Å². The molecule has 0 aromatic carbocycles. The zero-order valence-electron chi connectivity index (χ0n) is 7.91. The fraction of sp³-hybridized carbons (Fsp3) is 0.300. The highest BCUT2D eigenvalue weighted by Crippen LogP contribution is 2.08. The largest absolute Gasteiger partial charge is 0.314 e. The van der Waals surface area contributed by atoms with Crippen LogP contribution in [0.1, 0.15) is 11.3 Å². The highest BCUT2D eigenvalue weighted by molar-refractivity contribution is 5.42. The first kappa shape index (κ1) is 8.26. The van der Waals surface area contributed by atoms with E-state index < -0.39 is 0 Å². The topological polar surface area (TPSA) is 29.3 Å². The molecule has 0 fully saturated rings. The molecular weight excluding hydrogens is 162 g/mol. The number of nitrogens with zero attached hydrogens (tertiary/aromatic N) is 2. The molecule has 0 saturated carbocycles. The number of imidazole rings is 1. The van der Waals surface area contributed by atoms with E-state index in [1.807, 2.05) is 13.2 Å². The second kappa shape index (κ2) is 3.18. The fourth-order valence-corrected chi connectivity index (χ4v) is 1.45. The Hall–Kier alpha value is -1.35. The third-order valence-corrected chi connectivity index (χ3v) is 2.10. The van der Waals surface area contributed by atoms with Gasteiger partial charge in [-0.1, -0.05) is 0 Å². The monoisotopic (exact) mass is 175 g/mol. The summed E-state index contributed by atoms with van der Waals surface area (Å²) in [5.74, 6) is 0. The van der Waals surface area contributed by atoms with Gasteiger partial charge in [0.1, 0.15) is 5.65 Å². The van der Waals surface area contributed by atoms with E-state index >= 15 is 0 Å². The van der Waals surface area contributed by atoms with Gasteiger partial charge in [0.25, 0.3) is 0 Å². The molecular formula is C10H13N3. The normalized spacial score (nSPS) is 10.9. The summed E-state index contributed by atoms with van der Waals surface area (Å²) in [5.41, 5.74) is 3.46. The number of hydrogen-bond acceptors (Lipinski definition) is 2. The van der Waals surface area contributed by atoms with Crippen molar-refractivity contribution in [1.29, 1.82) is 0 Å². The van der Waals surface area contributed by atoms with Gasteiger partial charge < -0.3 is 9.72 Å². The number of rotatable bonds is 2. The molecule has 68 valence electrons. The van der Waals surface area contributed by atoms with Crippen LogP contribution in [0.4, 0.5) is 0 Å². The van der Waals surface area contributed by atoms with Gasteiger partial charge in [0.2, 0.25) is 0 Å². The second-order valence-electron chi connectivity index (χ2n) is 3.21. The van der Waals surface area contributed by atoms with Crippen LogP contribution in [0.15, 0.2) is 24.5 Å². The maximum atomic E-state index is 4.32. The lowest BCUT2D eigenvalue weighted by Gasteiger charge is -2.00. The van der Waals surface area contributed by atoms with E-state index in [0.717, 1.165) is 12.2 Å². The van der Waals surface area contributed by atoms with E-state index in [4.69, 9.17) is 0 Å². The van der Waals surface area contributed by atoms with E-state index in [1.165, 1.54) is 11.3 Å². The number of aryl methyl sites for hydroxylation is 1. The van der Waals surface area contributed by atoms with Crippen LogP contribution in [0.3, 0.4) is 0 Å². The van der Waals surface area contributed by atoms with Crippen molar-refractivity contribution < 1.29 is 0 Å². The molecule has 13 heavy (non-hydrogen) atoms. The van der Waals surface area contributed by atoms with E-state index in [1.54, 1.807) is 0 Å². The minimum absolute atomic E-state index is 0.851. The first-order valence-corrected chi connectivity index (χ1v) is 4.38. The van der Waals surface area contributed by atoms with Crippen LogP contribution in [0, 0.1) is 6.92 Å². The predicted octanol–water partition coefficient (Wildman–Crippen LogP) is 1.36. The molecule has 0 aliphatic carbocycles. The molecule has 0 aliphatic heterocycles. The van der Waals surface area contributed by atoms with Crippen molar-refractivity contribution in [2.24, 2.45) is 0 Å². The SMILES string of the molecule is CNCc1cnc2cc(C)ccn12. The number of hydrogen-bond donors (Lipinski definition) is 1. The smallest absolute Gasteiger partial charge is 0.137 e. The second-order valence-corrected chi connectivity index (χ2v) is 3.21. The maximum Gasteiger partial charge on any atom is 0.137 e. The Morgan fingerprint density at radius 2 is 2.38 bits per heavy atom. The molecule has 0 atom stereocenters. The highest BCUT2D eigenvalue weighted by Gasteiger charge is 2.00. The molecule has 0 spiro atoms. The number of aromatic nitrogens is 2. The van der Waals surface area contributed by atoms with Crippen molar-refractivity contribution in [2.75, 3.05) is 7.05 Å². The summed E-state index contributed by atoms with van der Waals surface area (Å²) in [7, 11) is 1.94. The number of fused-ring (bicyclic) bond motifs is 1. The quantitative estimate of drug-likeness (QED) is 0.746. The number of nitrogens with one attached hydrogen (secondary N) is 1. The molecule has 0 bridgehead atoms. The van der Waals surface area contributed by atoms with Crippen molar-refractivity contribution in [3.05, 3.63) is 35.8 Å². The molecule has 0 amide bonds. The minimum Gasteiger partial charge on any atom is -0.314 e. The van der Waals surface area contributed by atoms with Gasteiger partial charge in [-0.3, -0.25) is 0 Å². The molecule has 2 rings (SSSR count). The van der Waals surface area contributed by atoms with Gasteiger partial charge in [0.05, 0.1) is 11.9 Å². The van der Waals surface area contributed by atoms with E-state index in [9.17, 15) is 0 Å². The summed E-state index contributed by atoms with van der Waals surface area (Å²) in [4.78, 5) is 4.32. The Labute approximate surface area is 77.4 Å². The van der Waals surface area contributed by atoms with Gasteiger partial charge in [-0.25, -0.2) is 4.98 Å². The zero-order chi connectivity index (χ0) is 9.26. The van der Waals surface area contributed by atoms with Gasteiger partial charge in [-0.15, -0.1) is 0 Å². The van der Waals surface area contributed by atoms with Crippen molar-refractivity contribution >= 4 is 5.65 Å². The standard InChI is InChI=1S/C10H13N3/c1-8-3-4-13-9(6-11-2)7-12-10(13)5-8/h3-5,7,11H,6H2,1-2H3. The summed E-state index contributed by atoms with van der Waals surface area (Å²) < 4.78 is 2.10. The van der Waals surface area contributed by atoms with Crippen LogP contribution < -0.4 is 5.32 Å². The lowest BCUT2D eigenvalue weighted by molar-refractivity contribution is 0.782. The molecule has 0 aliphatic rings. The van der Waals surface area contributed by atoms with Crippen molar-refractivity contribution in [3.8, 4) is 0 Å². The fourth-order valence-electron chi connectivity index (χ4n) is 1.45. The van der Waals surface area contributed by atoms with E-state index in [2.05, 4.69) is 40.0 Å². The molecule has 0 saturated heterocycles. The van der Waals surface area contributed by atoms with Crippen molar-refractivity contribution in [1.82, 2.24) is 14.7 Å². The molecule has 3 nitrogen and oxygen atoms in total. The summed E-state index contributed by atoms with van der Waals surface area (Å²) in [5, 5.41) is 3.12. The highest BCUT2D eigenvalue weighted by atomic mass is 15.0.